The lowest BCUT2D eigenvalue weighted by molar-refractivity contribution is 0.732. The average Bonchev–Trinajstić information content (AvgIpc) is 2.59. The molecular weight excluding hydrogens is 160 g/mol. The lowest BCUT2D eigenvalue weighted by Crippen LogP contribution is -1.87. The third-order valence-corrected chi connectivity index (χ3v) is 2.10. The quantitative estimate of drug-likeness (QED) is 0.654. The van der Waals surface area contributed by atoms with Crippen LogP contribution in [0, 0.1) is 28.6 Å². The number of nitrogens with zero attached hydrogens (tertiary/aromatic N) is 2. The molecule has 0 heterocycles. The van der Waals surface area contributed by atoms with Gasteiger partial charge in [0, 0.05) is 12.8 Å². The van der Waals surface area contributed by atoms with Crippen molar-refractivity contribution in [1.29, 1.82) is 10.5 Å². The van der Waals surface area contributed by atoms with Gasteiger partial charge < -0.3 is 0 Å². The van der Waals surface area contributed by atoms with Crippen LogP contribution in [0.1, 0.15) is 25.7 Å². The molecule has 0 N–H and O–H groups in total. The van der Waals surface area contributed by atoms with Crippen LogP contribution in [0.2, 0.25) is 0 Å². The maximum Gasteiger partial charge on any atom is 0.0625 e. The highest BCUT2D eigenvalue weighted by Crippen LogP contribution is 2.22. The van der Waals surface area contributed by atoms with Gasteiger partial charge in [0.25, 0.3) is 0 Å². The summed E-state index contributed by atoms with van der Waals surface area (Å²) in [4.78, 5) is 0. The van der Waals surface area contributed by atoms with Crippen molar-refractivity contribution in [2.24, 2.45) is 5.92 Å². The van der Waals surface area contributed by atoms with E-state index in [-0.39, 0.29) is 0 Å². The van der Waals surface area contributed by atoms with E-state index < -0.39 is 0 Å². The number of allylic oxidation sites excluding steroid dienone is 4. The number of hydrogen-bond donors (Lipinski definition) is 0. The van der Waals surface area contributed by atoms with Crippen molar-refractivity contribution in [1.82, 2.24) is 0 Å². The summed E-state index contributed by atoms with van der Waals surface area (Å²) in [5.74, 6) is 0.424. The highest BCUT2D eigenvalue weighted by atomic mass is 14.2. The molecule has 2 heteroatoms. The maximum absolute atomic E-state index is 8.40. The van der Waals surface area contributed by atoms with Gasteiger partial charge in [-0.3, -0.25) is 0 Å². The van der Waals surface area contributed by atoms with E-state index in [1.807, 2.05) is 0 Å². The second-order valence-corrected chi connectivity index (χ2v) is 3.12. The predicted octanol–water partition coefficient (Wildman–Crippen LogP) is 2.71. The van der Waals surface area contributed by atoms with Crippen molar-refractivity contribution in [3.05, 3.63) is 23.8 Å². The topological polar surface area (TPSA) is 47.6 Å². The Labute approximate surface area is 78.8 Å². The summed E-state index contributed by atoms with van der Waals surface area (Å²) in [6.45, 7) is 0. The molecule has 0 saturated heterocycles. The van der Waals surface area contributed by atoms with Crippen molar-refractivity contribution >= 4 is 0 Å². The maximum atomic E-state index is 8.40. The molecule has 0 saturated carbocycles. The zero-order valence-electron chi connectivity index (χ0n) is 7.53. The lowest BCUT2D eigenvalue weighted by Gasteiger charge is -1.98. The van der Waals surface area contributed by atoms with Crippen LogP contribution in [-0.4, -0.2) is 0 Å². The summed E-state index contributed by atoms with van der Waals surface area (Å²) in [5.41, 5.74) is 1.24. The Bertz CT molecular complexity index is 299. The Morgan fingerprint density at radius 3 is 2.69 bits per heavy atom. The van der Waals surface area contributed by atoms with Crippen molar-refractivity contribution in [3.63, 3.8) is 0 Å². The van der Waals surface area contributed by atoms with E-state index in [2.05, 4.69) is 30.4 Å². The van der Waals surface area contributed by atoms with Crippen LogP contribution < -0.4 is 0 Å². The molecular formula is C11H12N2. The second-order valence-electron chi connectivity index (χ2n) is 3.12. The molecule has 1 atom stereocenters. The van der Waals surface area contributed by atoms with Gasteiger partial charge in [0.1, 0.15) is 0 Å². The van der Waals surface area contributed by atoms with Crippen molar-refractivity contribution in [3.8, 4) is 12.1 Å². The minimum absolute atomic E-state index is 0.424. The Balaban J connectivity index is 2.34. The first-order valence-corrected chi connectivity index (χ1v) is 4.49. The van der Waals surface area contributed by atoms with Gasteiger partial charge >= 0.3 is 0 Å². The van der Waals surface area contributed by atoms with Gasteiger partial charge in [-0.1, -0.05) is 23.8 Å². The molecule has 1 aliphatic carbocycles. The summed E-state index contributed by atoms with van der Waals surface area (Å²) < 4.78 is 0. The summed E-state index contributed by atoms with van der Waals surface area (Å²) in [6, 6.07) is 4.26. The highest BCUT2D eigenvalue weighted by Gasteiger charge is 2.08. The highest BCUT2D eigenvalue weighted by molar-refractivity contribution is 5.29. The minimum atomic E-state index is 0.424. The predicted molar refractivity (Wildman–Crippen MR) is 50.4 cm³/mol. The van der Waals surface area contributed by atoms with Crippen LogP contribution in [0.15, 0.2) is 23.8 Å². The zero-order valence-corrected chi connectivity index (χ0v) is 7.53. The molecule has 1 unspecified atom stereocenters. The molecule has 0 bridgehead atoms. The molecule has 0 spiro atoms. The fourth-order valence-corrected chi connectivity index (χ4v) is 1.41. The van der Waals surface area contributed by atoms with Crippen LogP contribution in [-0.2, 0) is 0 Å². The molecule has 13 heavy (non-hydrogen) atoms. The fourth-order valence-electron chi connectivity index (χ4n) is 1.41. The van der Waals surface area contributed by atoms with Crippen LogP contribution >= 0.6 is 0 Å². The van der Waals surface area contributed by atoms with Gasteiger partial charge in [-0.15, -0.1) is 0 Å². The van der Waals surface area contributed by atoms with Gasteiger partial charge in [-0.2, -0.15) is 10.5 Å². The SMILES string of the molecule is N#CCCC1=CC(CCC#N)C=C1. The summed E-state index contributed by atoms with van der Waals surface area (Å²) >= 11 is 0. The van der Waals surface area contributed by atoms with Crippen molar-refractivity contribution in [2.75, 3.05) is 0 Å². The molecule has 0 radical (unpaired) electrons. The molecule has 66 valence electrons. The van der Waals surface area contributed by atoms with Crippen LogP contribution in [0.4, 0.5) is 0 Å². The van der Waals surface area contributed by atoms with E-state index in [9.17, 15) is 0 Å². The molecule has 0 aliphatic heterocycles. The van der Waals surface area contributed by atoms with Crippen LogP contribution in [0.25, 0.3) is 0 Å². The molecule has 0 aromatic rings. The lowest BCUT2D eigenvalue weighted by atomic mass is 10.1. The van der Waals surface area contributed by atoms with E-state index in [0.29, 0.717) is 18.8 Å². The number of rotatable bonds is 4. The Morgan fingerprint density at radius 2 is 2.00 bits per heavy atom. The standard InChI is InChI=1S/C11H12N2/c12-7-1-3-10-5-6-11(9-10)4-2-8-13/h5-6,9-10H,1-4H2. The van der Waals surface area contributed by atoms with Crippen molar-refractivity contribution in [2.45, 2.75) is 25.7 Å². The number of hydrogen-bond acceptors (Lipinski definition) is 2. The molecule has 2 nitrogen and oxygen atoms in total. The fraction of sp³-hybridized carbons (Fsp3) is 0.455. The summed E-state index contributed by atoms with van der Waals surface area (Å²) in [5, 5.41) is 16.8. The van der Waals surface area contributed by atoms with Gasteiger partial charge in [0.2, 0.25) is 0 Å². The largest absolute Gasteiger partial charge is 0.198 e. The Kier molecular flexibility index (Phi) is 3.79. The van der Waals surface area contributed by atoms with Gasteiger partial charge in [0.05, 0.1) is 12.1 Å². The van der Waals surface area contributed by atoms with Crippen LogP contribution in [0.3, 0.4) is 0 Å². The van der Waals surface area contributed by atoms with Crippen LogP contribution in [0.5, 0.6) is 0 Å². The minimum Gasteiger partial charge on any atom is -0.198 e. The molecule has 0 aromatic carbocycles. The first-order valence-electron chi connectivity index (χ1n) is 4.49. The second kappa shape index (κ2) is 5.17. The van der Waals surface area contributed by atoms with Crippen molar-refractivity contribution < 1.29 is 0 Å². The third kappa shape index (κ3) is 3.13. The average molecular weight is 172 g/mol. The summed E-state index contributed by atoms with van der Waals surface area (Å²) in [7, 11) is 0. The first kappa shape index (κ1) is 9.55. The van der Waals surface area contributed by atoms with E-state index in [4.69, 9.17) is 10.5 Å². The van der Waals surface area contributed by atoms with Gasteiger partial charge in [-0.05, 0) is 18.8 Å². The molecule has 0 aromatic heterocycles. The third-order valence-electron chi connectivity index (χ3n) is 2.10. The molecule has 1 rings (SSSR count). The van der Waals surface area contributed by atoms with Gasteiger partial charge in [-0.25, -0.2) is 0 Å². The van der Waals surface area contributed by atoms with Gasteiger partial charge in [0.15, 0.2) is 0 Å². The Morgan fingerprint density at radius 1 is 1.23 bits per heavy atom. The molecule has 0 fully saturated rings. The molecule has 0 amide bonds. The molecule has 1 aliphatic rings. The zero-order chi connectivity index (χ0) is 9.52. The van der Waals surface area contributed by atoms with E-state index in [0.717, 1.165) is 12.8 Å². The normalized spacial score (nSPS) is 19.2. The number of nitriles is 2. The smallest absolute Gasteiger partial charge is 0.0625 e. The monoisotopic (exact) mass is 172 g/mol. The first-order chi connectivity index (χ1) is 6.36. The van der Waals surface area contributed by atoms with E-state index in [1.54, 1.807) is 0 Å². The van der Waals surface area contributed by atoms with E-state index in [1.165, 1.54) is 5.57 Å². The summed E-state index contributed by atoms with van der Waals surface area (Å²) in [6.07, 6.45) is 9.29. The van der Waals surface area contributed by atoms with E-state index >= 15 is 0 Å². The Hall–Kier alpha value is -1.54.